The van der Waals surface area contributed by atoms with Gasteiger partial charge in [-0.25, -0.2) is 4.39 Å². The predicted molar refractivity (Wildman–Crippen MR) is 113 cm³/mol. The zero-order valence-electron chi connectivity index (χ0n) is 14.5. The van der Waals surface area contributed by atoms with Crippen LogP contribution in [0.5, 0.6) is 0 Å². The fourth-order valence-electron chi connectivity index (χ4n) is 2.77. The van der Waals surface area contributed by atoms with Crippen LogP contribution in [0.1, 0.15) is 5.56 Å². The molecule has 3 nitrogen and oxygen atoms in total. The summed E-state index contributed by atoms with van der Waals surface area (Å²) in [6, 6.07) is 21.4. The maximum absolute atomic E-state index is 13.3. The molecule has 28 heavy (non-hydrogen) atoms. The molecule has 1 heterocycles. The lowest BCUT2D eigenvalue weighted by molar-refractivity contribution is 0.628. The number of benzene rings is 3. The molecule has 0 saturated carbocycles. The summed E-state index contributed by atoms with van der Waals surface area (Å²) in [5.41, 5.74) is 2.54. The van der Waals surface area contributed by atoms with Crippen LogP contribution in [0, 0.1) is 5.82 Å². The highest BCUT2D eigenvalue weighted by atomic mass is 35.5. The van der Waals surface area contributed by atoms with Gasteiger partial charge in [0.25, 0.3) is 0 Å². The van der Waals surface area contributed by atoms with E-state index in [2.05, 4.69) is 10.2 Å². The third-order valence-electron chi connectivity index (χ3n) is 4.16. The second kappa shape index (κ2) is 8.35. The molecule has 4 rings (SSSR count). The Morgan fingerprint density at radius 3 is 2.18 bits per heavy atom. The van der Waals surface area contributed by atoms with E-state index in [9.17, 15) is 4.39 Å². The molecule has 0 fully saturated rings. The summed E-state index contributed by atoms with van der Waals surface area (Å²) in [5.74, 6) is 0.892. The van der Waals surface area contributed by atoms with E-state index in [1.54, 1.807) is 12.1 Å². The van der Waals surface area contributed by atoms with Crippen LogP contribution in [0.15, 0.2) is 78.0 Å². The number of hydrogen-bond donors (Lipinski definition) is 0. The largest absolute Gasteiger partial charge is 0.270 e. The van der Waals surface area contributed by atoms with E-state index in [1.807, 2.05) is 53.1 Å². The zero-order valence-corrected chi connectivity index (χ0v) is 16.8. The average Bonchev–Trinajstić information content (AvgIpc) is 3.13. The van der Waals surface area contributed by atoms with Crippen LogP contribution in [-0.4, -0.2) is 14.8 Å². The second-order valence-electron chi connectivity index (χ2n) is 5.97. The minimum Gasteiger partial charge on any atom is -0.270 e. The molecule has 3 aromatic carbocycles. The SMILES string of the molecule is Fc1ccc(-c2nnc(SCc3c(Cl)cccc3Cl)n2-c2ccccc2)cc1. The van der Waals surface area contributed by atoms with Crippen molar-refractivity contribution in [1.82, 2.24) is 14.8 Å². The van der Waals surface area contributed by atoms with Crippen molar-refractivity contribution in [2.24, 2.45) is 0 Å². The Morgan fingerprint density at radius 1 is 0.821 bits per heavy atom. The van der Waals surface area contributed by atoms with Gasteiger partial charge in [0.2, 0.25) is 0 Å². The lowest BCUT2D eigenvalue weighted by Gasteiger charge is -2.11. The number of para-hydroxylation sites is 1. The normalized spacial score (nSPS) is 11.0. The average molecular weight is 430 g/mol. The third-order valence-corrected chi connectivity index (χ3v) is 5.82. The van der Waals surface area contributed by atoms with Crippen molar-refractivity contribution in [3.8, 4) is 17.1 Å². The Bertz CT molecular complexity index is 1080. The maximum Gasteiger partial charge on any atom is 0.196 e. The van der Waals surface area contributed by atoms with Gasteiger partial charge in [-0.1, -0.05) is 59.2 Å². The first-order valence-electron chi connectivity index (χ1n) is 8.46. The number of thioether (sulfide) groups is 1. The molecule has 4 aromatic rings. The van der Waals surface area contributed by atoms with E-state index < -0.39 is 0 Å². The van der Waals surface area contributed by atoms with Crippen molar-refractivity contribution in [1.29, 1.82) is 0 Å². The van der Waals surface area contributed by atoms with E-state index in [-0.39, 0.29) is 5.82 Å². The van der Waals surface area contributed by atoms with Crippen LogP contribution in [0.2, 0.25) is 10.0 Å². The van der Waals surface area contributed by atoms with Gasteiger partial charge >= 0.3 is 0 Å². The minimum absolute atomic E-state index is 0.294. The zero-order chi connectivity index (χ0) is 19.5. The van der Waals surface area contributed by atoms with Crippen LogP contribution in [0.4, 0.5) is 4.39 Å². The summed E-state index contributed by atoms with van der Waals surface area (Å²) in [4.78, 5) is 0. The smallest absolute Gasteiger partial charge is 0.196 e. The van der Waals surface area contributed by atoms with E-state index in [0.29, 0.717) is 26.8 Å². The molecule has 0 N–H and O–H groups in total. The lowest BCUT2D eigenvalue weighted by Crippen LogP contribution is -2.00. The Morgan fingerprint density at radius 2 is 1.50 bits per heavy atom. The van der Waals surface area contributed by atoms with E-state index in [1.165, 1.54) is 23.9 Å². The molecule has 7 heteroatoms. The summed E-state index contributed by atoms with van der Waals surface area (Å²) in [7, 11) is 0. The molecule has 0 radical (unpaired) electrons. The number of nitrogens with zero attached hydrogens (tertiary/aromatic N) is 3. The predicted octanol–water partition coefficient (Wildman–Crippen LogP) is 6.67. The minimum atomic E-state index is -0.294. The van der Waals surface area contributed by atoms with Crippen molar-refractivity contribution in [2.75, 3.05) is 0 Å². The van der Waals surface area contributed by atoms with Crippen molar-refractivity contribution in [3.63, 3.8) is 0 Å². The number of aromatic nitrogens is 3. The van der Waals surface area contributed by atoms with Crippen LogP contribution in [0.3, 0.4) is 0 Å². The molecule has 0 unspecified atom stereocenters. The van der Waals surface area contributed by atoms with Gasteiger partial charge in [-0.3, -0.25) is 4.57 Å². The first-order chi connectivity index (χ1) is 13.6. The van der Waals surface area contributed by atoms with Gasteiger partial charge in [-0.2, -0.15) is 0 Å². The van der Waals surface area contributed by atoms with Crippen molar-refractivity contribution >= 4 is 35.0 Å². The van der Waals surface area contributed by atoms with Crippen molar-refractivity contribution < 1.29 is 4.39 Å². The first-order valence-corrected chi connectivity index (χ1v) is 10.2. The molecular weight excluding hydrogens is 416 g/mol. The van der Waals surface area contributed by atoms with Gasteiger partial charge in [0.15, 0.2) is 11.0 Å². The van der Waals surface area contributed by atoms with Crippen LogP contribution >= 0.6 is 35.0 Å². The number of rotatable bonds is 5. The highest BCUT2D eigenvalue weighted by Crippen LogP contribution is 2.33. The van der Waals surface area contributed by atoms with E-state index >= 15 is 0 Å². The van der Waals surface area contributed by atoms with Gasteiger partial charge < -0.3 is 0 Å². The molecule has 0 saturated heterocycles. The van der Waals surface area contributed by atoms with Crippen LogP contribution in [-0.2, 0) is 5.75 Å². The summed E-state index contributed by atoms with van der Waals surface area (Å²) in [5, 5.41) is 10.6. The topological polar surface area (TPSA) is 30.7 Å². The molecule has 0 atom stereocenters. The molecule has 0 amide bonds. The van der Waals surface area contributed by atoms with Crippen molar-refractivity contribution in [2.45, 2.75) is 10.9 Å². The van der Waals surface area contributed by atoms with E-state index in [0.717, 1.165) is 16.8 Å². The molecule has 0 spiro atoms. The van der Waals surface area contributed by atoms with Gasteiger partial charge in [0, 0.05) is 27.0 Å². The molecule has 1 aromatic heterocycles. The van der Waals surface area contributed by atoms with Gasteiger partial charge in [0.05, 0.1) is 0 Å². The highest BCUT2D eigenvalue weighted by Gasteiger charge is 2.17. The van der Waals surface area contributed by atoms with Gasteiger partial charge in [0.1, 0.15) is 5.82 Å². The van der Waals surface area contributed by atoms with Gasteiger partial charge in [-0.15, -0.1) is 10.2 Å². The number of halogens is 3. The fraction of sp³-hybridized carbons (Fsp3) is 0.0476. The quantitative estimate of drug-likeness (QED) is 0.331. The van der Waals surface area contributed by atoms with Gasteiger partial charge in [-0.05, 0) is 54.1 Å². The Balaban J connectivity index is 1.74. The summed E-state index contributed by atoms with van der Waals surface area (Å²) < 4.78 is 15.3. The standard InChI is InChI=1S/C21H14Cl2FN3S/c22-18-7-4-8-19(23)17(18)13-28-21-26-25-20(14-9-11-15(24)12-10-14)27(21)16-5-2-1-3-6-16/h1-12H,13H2. The number of hydrogen-bond acceptors (Lipinski definition) is 3. The Hall–Kier alpha value is -2.34. The molecule has 140 valence electrons. The summed E-state index contributed by atoms with van der Waals surface area (Å²) >= 11 is 14.1. The van der Waals surface area contributed by atoms with Crippen LogP contribution in [0.25, 0.3) is 17.1 Å². The fourth-order valence-corrected chi connectivity index (χ4v) is 4.46. The lowest BCUT2D eigenvalue weighted by atomic mass is 10.2. The molecule has 0 aliphatic carbocycles. The highest BCUT2D eigenvalue weighted by molar-refractivity contribution is 7.98. The molecule has 0 aliphatic rings. The van der Waals surface area contributed by atoms with Crippen molar-refractivity contribution in [3.05, 3.63) is 94.2 Å². The van der Waals surface area contributed by atoms with E-state index in [4.69, 9.17) is 23.2 Å². The second-order valence-corrected chi connectivity index (χ2v) is 7.73. The first kappa shape index (κ1) is 19.0. The summed E-state index contributed by atoms with van der Waals surface area (Å²) in [6.45, 7) is 0. The molecule has 0 aliphatic heterocycles. The Labute approximate surface area is 176 Å². The maximum atomic E-state index is 13.3. The monoisotopic (exact) mass is 429 g/mol. The van der Waals surface area contributed by atoms with Crippen LogP contribution < -0.4 is 0 Å². The molecule has 0 bridgehead atoms. The Kier molecular flexibility index (Phi) is 5.67. The third kappa shape index (κ3) is 3.92. The summed E-state index contributed by atoms with van der Waals surface area (Å²) in [6.07, 6.45) is 0. The molecular formula is C21H14Cl2FN3S.